The Morgan fingerprint density at radius 3 is 3.00 bits per heavy atom. The summed E-state index contributed by atoms with van der Waals surface area (Å²) in [4.78, 5) is 0. The molecule has 1 saturated carbocycles. The molecule has 0 saturated heterocycles. The van der Waals surface area contributed by atoms with Crippen molar-refractivity contribution in [2.24, 2.45) is 13.0 Å². The number of aliphatic hydroxyl groups is 1. The number of halogens is 2. The molecule has 0 bridgehead atoms. The molecule has 0 aromatic carbocycles. The van der Waals surface area contributed by atoms with Crippen molar-refractivity contribution in [2.75, 3.05) is 0 Å². The van der Waals surface area contributed by atoms with Gasteiger partial charge in [0, 0.05) is 32.5 Å². The van der Waals surface area contributed by atoms with E-state index in [9.17, 15) is 13.9 Å². The molecule has 1 heterocycles. The van der Waals surface area contributed by atoms with Gasteiger partial charge in [-0.15, -0.1) is 0 Å². The average Bonchev–Trinajstić information content (AvgIpc) is 2.62. The minimum atomic E-state index is -2.60. The van der Waals surface area contributed by atoms with Gasteiger partial charge in [0.2, 0.25) is 5.92 Å². The van der Waals surface area contributed by atoms with Crippen LogP contribution in [-0.2, 0) is 13.5 Å². The first-order valence-electron chi connectivity index (χ1n) is 6.00. The van der Waals surface area contributed by atoms with E-state index >= 15 is 0 Å². The molecule has 2 rings (SSSR count). The summed E-state index contributed by atoms with van der Waals surface area (Å²) in [6, 6.07) is 0. The monoisotopic (exact) mass is 244 g/mol. The van der Waals surface area contributed by atoms with Crippen molar-refractivity contribution in [2.45, 2.75) is 44.1 Å². The van der Waals surface area contributed by atoms with E-state index in [1.54, 1.807) is 17.9 Å². The summed E-state index contributed by atoms with van der Waals surface area (Å²) >= 11 is 0. The Hall–Kier alpha value is -0.970. The maximum Gasteiger partial charge on any atom is 0.248 e. The van der Waals surface area contributed by atoms with Gasteiger partial charge in [-0.3, -0.25) is 4.68 Å². The van der Waals surface area contributed by atoms with Crippen LogP contribution in [-0.4, -0.2) is 26.9 Å². The molecule has 1 aromatic heterocycles. The molecule has 0 spiro atoms. The van der Waals surface area contributed by atoms with Gasteiger partial charge in [-0.1, -0.05) is 0 Å². The second-order valence-electron chi connectivity index (χ2n) is 5.01. The molecular formula is C12H18F2N2O. The van der Waals surface area contributed by atoms with Crippen LogP contribution in [0.3, 0.4) is 0 Å². The van der Waals surface area contributed by atoms with Gasteiger partial charge < -0.3 is 5.11 Å². The second kappa shape index (κ2) is 4.72. The smallest absolute Gasteiger partial charge is 0.248 e. The number of hydrogen-bond donors (Lipinski definition) is 1. The predicted octanol–water partition coefficient (Wildman–Crippen LogP) is 2.15. The molecule has 5 heteroatoms. The molecule has 1 N–H and O–H groups in total. The van der Waals surface area contributed by atoms with Crippen molar-refractivity contribution >= 4 is 0 Å². The molecule has 96 valence electrons. The predicted molar refractivity (Wildman–Crippen MR) is 59.8 cm³/mol. The molecule has 1 fully saturated rings. The van der Waals surface area contributed by atoms with E-state index in [1.165, 1.54) is 0 Å². The number of alkyl halides is 2. The maximum atomic E-state index is 13.2. The van der Waals surface area contributed by atoms with Crippen LogP contribution >= 0.6 is 0 Å². The fourth-order valence-corrected chi connectivity index (χ4v) is 2.52. The van der Waals surface area contributed by atoms with Crippen molar-refractivity contribution in [1.29, 1.82) is 0 Å². The molecule has 17 heavy (non-hydrogen) atoms. The summed E-state index contributed by atoms with van der Waals surface area (Å²) in [5.41, 5.74) is 0.897. The standard InChI is InChI=1S/C12H18F2N2O/c1-16-8-9(7-15-16)5-11(17)10-3-2-4-12(13,14)6-10/h7-8,10-11,17H,2-6H2,1H3. The van der Waals surface area contributed by atoms with Gasteiger partial charge in [0.15, 0.2) is 0 Å². The number of nitrogens with zero attached hydrogens (tertiary/aromatic N) is 2. The summed E-state index contributed by atoms with van der Waals surface area (Å²) in [5, 5.41) is 14.0. The van der Waals surface area contributed by atoms with Crippen molar-refractivity contribution < 1.29 is 13.9 Å². The van der Waals surface area contributed by atoms with Crippen LogP contribution in [0.1, 0.15) is 31.2 Å². The van der Waals surface area contributed by atoms with Crippen LogP contribution in [0.25, 0.3) is 0 Å². The Morgan fingerprint density at radius 1 is 1.65 bits per heavy atom. The third kappa shape index (κ3) is 3.25. The summed E-state index contributed by atoms with van der Waals surface area (Å²) in [5.74, 6) is -2.89. The highest BCUT2D eigenvalue weighted by Crippen LogP contribution is 2.38. The maximum absolute atomic E-state index is 13.2. The van der Waals surface area contributed by atoms with Crippen molar-refractivity contribution in [3.8, 4) is 0 Å². The molecule has 0 radical (unpaired) electrons. The first-order valence-corrected chi connectivity index (χ1v) is 6.00. The molecule has 0 aliphatic heterocycles. The zero-order valence-electron chi connectivity index (χ0n) is 9.94. The van der Waals surface area contributed by atoms with Crippen LogP contribution in [0.5, 0.6) is 0 Å². The molecule has 1 aliphatic carbocycles. The van der Waals surface area contributed by atoms with Crippen molar-refractivity contribution in [1.82, 2.24) is 9.78 Å². The van der Waals surface area contributed by atoms with E-state index in [1.807, 2.05) is 6.20 Å². The zero-order valence-corrected chi connectivity index (χ0v) is 9.94. The summed E-state index contributed by atoms with van der Waals surface area (Å²) in [6.45, 7) is 0. The number of aromatic nitrogens is 2. The Labute approximate surface area is 99.4 Å². The van der Waals surface area contributed by atoms with E-state index in [4.69, 9.17) is 0 Å². The Balaban J connectivity index is 1.93. The Bertz CT molecular complexity index is 378. The topological polar surface area (TPSA) is 38.0 Å². The normalized spacial score (nSPS) is 25.8. The molecular weight excluding hydrogens is 226 g/mol. The third-order valence-corrected chi connectivity index (χ3v) is 3.43. The SMILES string of the molecule is Cn1cc(CC(O)C2CCCC(F)(F)C2)cn1. The van der Waals surface area contributed by atoms with Crippen LogP contribution < -0.4 is 0 Å². The minimum Gasteiger partial charge on any atom is -0.392 e. The highest BCUT2D eigenvalue weighted by atomic mass is 19.3. The van der Waals surface area contributed by atoms with Gasteiger partial charge in [0.25, 0.3) is 0 Å². The quantitative estimate of drug-likeness (QED) is 0.884. The fraction of sp³-hybridized carbons (Fsp3) is 0.750. The van der Waals surface area contributed by atoms with Gasteiger partial charge in [-0.2, -0.15) is 5.10 Å². The van der Waals surface area contributed by atoms with Crippen LogP contribution in [0.15, 0.2) is 12.4 Å². The molecule has 1 aliphatic rings. The van der Waals surface area contributed by atoms with Gasteiger partial charge in [-0.25, -0.2) is 8.78 Å². The van der Waals surface area contributed by atoms with Gasteiger partial charge >= 0.3 is 0 Å². The molecule has 0 amide bonds. The lowest BCUT2D eigenvalue weighted by molar-refractivity contribution is -0.0752. The lowest BCUT2D eigenvalue weighted by Crippen LogP contribution is -2.33. The highest BCUT2D eigenvalue weighted by molar-refractivity contribution is 5.05. The molecule has 2 atom stereocenters. The summed E-state index contributed by atoms with van der Waals surface area (Å²) in [6.07, 6.45) is 4.17. The zero-order chi connectivity index (χ0) is 12.5. The number of rotatable bonds is 3. The Morgan fingerprint density at radius 2 is 2.41 bits per heavy atom. The van der Waals surface area contributed by atoms with Crippen LogP contribution in [0.4, 0.5) is 8.78 Å². The summed E-state index contributed by atoms with van der Waals surface area (Å²) < 4.78 is 28.1. The first kappa shape index (κ1) is 12.5. The van der Waals surface area contributed by atoms with Crippen LogP contribution in [0, 0.1) is 5.92 Å². The molecule has 1 aromatic rings. The lowest BCUT2D eigenvalue weighted by Gasteiger charge is -2.31. The van der Waals surface area contributed by atoms with E-state index < -0.39 is 12.0 Å². The molecule has 2 unspecified atom stereocenters. The number of aryl methyl sites for hydroxylation is 1. The number of hydrogen-bond acceptors (Lipinski definition) is 2. The van der Waals surface area contributed by atoms with E-state index in [-0.39, 0.29) is 18.8 Å². The van der Waals surface area contributed by atoms with E-state index in [0.29, 0.717) is 19.3 Å². The first-order chi connectivity index (χ1) is 7.96. The number of aliphatic hydroxyl groups excluding tert-OH is 1. The van der Waals surface area contributed by atoms with Gasteiger partial charge in [0.1, 0.15) is 0 Å². The Kier molecular flexibility index (Phi) is 3.47. The fourth-order valence-electron chi connectivity index (χ4n) is 2.52. The lowest BCUT2D eigenvalue weighted by atomic mass is 9.81. The van der Waals surface area contributed by atoms with Crippen molar-refractivity contribution in [3.63, 3.8) is 0 Å². The summed E-state index contributed by atoms with van der Waals surface area (Å²) in [7, 11) is 1.80. The third-order valence-electron chi connectivity index (χ3n) is 3.43. The average molecular weight is 244 g/mol. The largest absolute Gasteiger partial charge is 0.392 e. The van der Waals surface area contributed by atoms with E-state index in [2.05, 4.69) is 5.10 Å². The van der Waals surface area contributed by atoms with Gasteiger partial charge in [0.05, 0.1) is 12.3 Å². The molecule has 3 nitrogen and oxygen atoms in total. The van der Waals surface area contributed by atoms with Crippen molar-refractivity contribution in [3.05, 3.63) is 18.0 Å². The van der Waals surface area contributed by atoms with Gasteiger partial charge in [-0.05, 0) is 24.3 Å². The second-order valence-corrected chi connectivity index (χ2v) is 5.01. The highest BCUT2D eigenvalue weighted by Gasteiger charge is 2.38. The minimum absolute atomic E-state index is 0.0386. The van der Waals surface area contributed by atoms with Crippen LogP contribution in [0.2, 0.25) is 0 Å². The van der Waals surface area contributed by atoms with E-state index in [0.717, 1.165) is 5.56 Å².